The number of guanidine groups is 1. The Morgan fingerprint density at radius 1 is 1.12 bits per heavy atom. The molecule has 2 aromatic carbocycles. The fourth-order valence-corrected chi connectivity index (χ4v) is 4.23. The van der Waals surface area contributed by atoms with Gasteiger partial charge in [-0.2, -0.15) is 4.72 Å². The zero-order chi connectivity index (χ0) is 24.4. The van der Waals surface area contributed by atoms with Crippen LogP contribution >= 0.6 is 0 Å². The first-order valence-corrected chi connectivity index (χ1v) is 12.2. The first-order valence-electron chi connectivity index (χ1n) is 10.7. The minimum atomic E-state index is -4.06. The molecule has 0 spiro atoms. The zero-order valence-corrected chi connectivity index (χ0v) is 19.2. The highest BCUT2D eigenvalue weighted by Crippen LogP contribution is 2.12. The first-order chi connectivity index (χ1) is 16.3. The van der Waals surface area contributed by atoms with Crippen LogP contribution in [0.1, 0.15) is 16.8 Å². The van der Waals surface area contributed by atoms with E-state index in [4.69, 9.17) is 4.74 Å². The van der Waals surface area contributed by atoms with Crippen LogP contribution in [0.15, 0.2) is 64.5 Å². The van der Waals surface area contributed by atoms with Crippen LogP contribution < -0.4 is 25.4 Å². The molecule has 1 aliphatic rings. The van der Waals surface area contributed by atoms with E-state index in [1.165, 1.54) is 36.4 Å². The molecule has 0 unspecified atom stereocenters. The highest BCUT2D eigenvalue weighted by Gasteiger charge is 2.26. The normalized spacial score (nSPS) is 14.3. The molecule has 0 bridgehead atoms. The summed E-state index contributed by atoms with van der Waals surface area (Å²) in [5.74, 6) is -0.630. The van der Waals surface area contributed by atoms with Crippen LogP contribution in [-0.2, 0) is 14.8 Å². The summed E-state index contributed by atoms with van der Waals surface area (Å²) in [7, 11) is -4.06. The van der Waals surface area contributed by atoms with Crippen molar-refractivity contribution in [2.75, 3.05) is 32.8 Å². The lowest BCUT2D eigenvalue weighted by Crippen LogP contribution is -2.48. The number of carbonyl (C=O) groups is 2. The van der Waals surface area contributed by atoms with Crippen LogP contribution in [0.5, 0.6) is 5.75 Å². The van der Waals surface area contributed by atoms with E-state index in [1.54, 1.807) is 18.2 Å². The second kappa shape index (κ2) is 12.0. The fourth-order valence-electron chi connectivity index (χ4n) is 3.02. The maximum atomic E-state index is 12.4. The predicted octanol–water partition coefficient (Wildman–Crippen LogP) is 0.166. The van der Waals surface area contributed by atoms with E-state index in [2.05, 4.69) is 25.7 Å². The third kappa shape index (κ3) is 7.46. The molecule has 0 saturated carbocycles. The summed E-state index contributed by atoms with van der Waals surface area (Å²) in [4.78, 5) is 28.2. The summed E-state index contributed by atoms with van der Waals surface area (Å²) < 4.78 is 32.5. The summed E-state index contributed by atoms with van der Waals surface area (Å²) in [6.07, 6.45) is 1.02. The van der Waals surface area contributed by atoms with Gasteiger partial charge in [0.2, 0.25) is 10.0 Å². The van der Waals surface area contributed by atoms with Crippen LogP contribution in [0.2, 0.25) is 0 Å². The molecule has 0 aliphatic carbocycles. The molecule has 12 heteroatoms. The van der Waals surface area contributed by atoms with Crippen molar-refractivity contribution in [1.82, 2.24) is 20.7 Å². The van der Waals surface area contributed by atoms with E-state index >= 15 is 0 Å². The molecular weight excluding hydrogens is 462 g/mol. The van der Waals surface area contributed by atoms with Crippen molar-refractivity contribution in [3.8, 4) is 5.75 Å². The molecule has 11 nitrogen and oxygen atoms in total. The number of ether oxygens (including phenoxy) is 1. The maximum absolute atomic E-state index is 12.4. The number of sulfonamides is 1. The Morgan fingerprint density at radius 3 is 2.50 bits per heavy atom. The lowest BCUT2D eigenvalue weighted by molar-refractivity contribution is -0.138. The van der Waals surface area contributed by atoms with Gasteiger partial charge in [-0.25, -0.2) is 8.42 Å². The number of nitrogens with one attached hydrogen (secondary N) is 4. The fraction of sp³-hybridized carbons (Fsp3) is 0.318. The Hall–Kier alpha value is -3.64. The molecule has 2 aromatic rings. The van der Waals surface area contributed by atoms with Gasteiger partial charge >= 0.3 is 5.97 Å². The SMILES string of the molecule is O=C(NC[C@@H](NS(=O)(=O)c1ccccc1)C(=O)O)c1ccc(OCCNC2=NCCCN2)cc1. The van der Waals surface area contributed by atoms with E-state index in [0.29, 0.717) is 18.9 Å². The monoisotopic (exact) mass is 489 g/mol. The maximum Gasteiger partial charge on any atom is 0.323 e. The summed E-state index contributed by atoms with van der Waals surface area (Å²) in [6.45, 7) is 2.22. The number of hydrogen-bond donors (Lipinski definition) is 5. The lowest BCUT2D eigenvalue weighted by Gasteiger charge is -2.16. The van der Waals surface area contributed by atoms with Gasteiger partial charge in [-0.1, -0.05) is 18.2 Å². The van der Waals surface area contributed by atoms with Crippen LogP contribution in [0.25, 0.3) is 0 Å². The molecule has 1 amide bonds. The van der Waals surface area contributed by atoms with Crippen LogP contribution in [-0.4, -0.2) is 70.2 Å². The van der Waals surface area contributed by atoms with Crippen molar-refractivity contribution >= 4 is 27.9 Å². The van der Waals surface area contributed by atoms with Gasteiger partial charge in [0.25, 0.3) is 5.91 Å². The number of carboxylic acid groups (broad SMARTS) is 1. The molecule has 1 heterocycles. The second-order valence-electron chi connectivity index (χ2n) is 7.35. The second-order valence-corrected chi connectivity index (χ2v) is 9.06. The van der Waals surface area contributed by atoms with Crippen molar-refractivity contribution in [2.45, 2.75) is 17.4 Å². The summed E-state index contributed by atoms with van der Waals surface area (Å²) in [5.41, 5.74) is 0.279. The molecule has 3 rings (SSSR count). The smallest absolute Gasteiger partial charge is 0.323 e. The standard InChI is InChI=1S/C22H27N5O6S/c28-20(26-15-19(21(29)30)27-34(31,32)18-5-2-1-3-6-18)16-7-9-17(10-8-16)33-14-13-25-22-23-11-4-12-24-22/h1-3,5-10,19,27H,4,11-15H2,(H,26,28)(H,29,30)(H2,23,24,25)/t19-/m1/s1. The summed E-state index contributed by atoms with van der Waals surface area (Å²) in [5, 5.41) is 18.1. The Labute approximate surface area is 197 Å². The molecule has 34 heavy (non-hydrogen) atoms. The zero-order valence-electron chi connectivity index (χ0n) is 18.4. The summed E-state index contributed by atoms with van der Waals surface area (Å²) in [6, 6.07) is 12.2. The molecular formula is C22H27N5O6S. The van der Waals surface area contributed by atoms with Crippen LogP contribution in [0.4, 0.5) is 0 Å². The van der Waals surface area contributed by atoms with E-state index in [9.17, 15) is 23.1 Å². The number of amides is 1. The van der Waals surface area contributed by atoms with Gasteiger partial charge in [-0.3, -0.25) is 14.6 Å². The molecule has 0 saturated heterocycles. The largest absolute Gasteiger partial charge is 0.492 e. The molecule has 0 fully saturated rings. The topological polar surface area (TPSA) is 158 Å². The Kier molecular flexibility index (Phi) is 8.82. The minimum absolute atomic E-state index is 0.0682. The number of aliphatic imine (C=N–C) groups is 1. The molecule has 1 atom stereocenters. The Balaban J connectivity index is 1.47. The third-order valence-electron chi connectivity index (χ3n) is 4.79. The van der Waals surface area contributed by atoms with Crippen molar-refractivity contribution < 1.29 is 27.9 Å². The van der Waals surface area contributed by atoms with Crippen molar-refractivity contribution in [1.29, 1.82) is 0 Å². The Bertz CT molecular complexity index is 1110. The van der Waals surface area contributed by atoms with E-state index in [0.717, 1.165) is 25.5 Å². The number of aliphatic carboxylic acids is 1. The Morgan fingerprint density at radius 2 is 1.85 bits per heavy atom. The van der Waals surface area contributed by atoms with E-state index < -0.39 is 34.5 Å². The number of benzene rings is 2. The number of hydrogen-bond acceptors (Lipinski definition) is 8. The van der Waals surface area contributed by atoms with Crippen molar-refractivity contribution in [3.05, 3.63) is 60.2 Å². The number of rotatable bonds is 11. The van der Waals surface area contributed by atoms with Gasteiger partial charge in [0, 0.05) is 25.2 Å². The van der Waals surface area contributed by atoms with Crippen molar-refractivity contribution in [3.63, 3.8) is 0 Å². The number of carboxylic acids is 1. The van der Waals surface area contributed by atoms with E-state index in [-0.39, 0.29) is 10.5 Å². The highest BCUT2D eigenvalue weighted by atomic mass is 32.2. The van der Waals surface area contributed by atoms with Gasteiger partial charge in [0.15, 0.2) is 5.96 Å². The average Bonchev–Trinajstić information content (AvgIpc) is 2.85. The lowest BCUT2D eigenvalue weighted by atomic mass is 10.2. The predicted molar refractivity (Wildman–Crippen MR) is 125 cm³/mol. The highest BCUT2D eigenvalue weighted by molar-refractivity contribution is 7.89. The van der Waals surface area contributed by atoms with Gasteiger partial charge in [0.05, 0.1) is 11.4 Å². The quantitative estimate of drug-likeness (QED) is 0.279. The van der Waals surface area contributed by atoms with Gasteiger partial charge < -0.3 is 25.8 Å². The van der Waals surface area contributed by atoms with Crippen LogP contribution in [0.3, 0.4) is 0 Å². The number of carbonyl (C=O) groups excluding carboxylic acids is 1. The molecule has 0 radical (unpaired) electrons. The van der Waals surface area contributed by atoms with Gasteiger partial charge in [0.1, 0.15) is 18.4 Å². The first kappa shape index (κ1) is 25.0. The number of nitrogens with zero attached hydrogens (tertiary/aromatic N) is 1. The molecule has 0 aromatic heterocycles. The molecule has 182 valence electrons. The van der Waals surface area contributed by atoms with Crippen molar-refractivity contribution in [2.24, 2.45) is 4.99 Å². The van der Waals surface area contributed by atoms with E-state index in [1.807, 2.05) is 0 Å². The van der Waals surface area contributed by atoms with Crippen LogP contribution in [0, 0.1) is 0 Å². The minimum Gasteiger partial charge on any atom is -0.492 e. The third-order valence-corrected chi connectivity index (χ3v) is 6.28. The van der Waals surface area contributed by atoms with Gasteiger partial charge in [-0.15, -0.1) is 0 Å². The summed E-state index contributed by atoms with van der Waals surface area (Å²) >= 11 is 0. The average molecular weight is 490 g/mol. The molecule has 1 aliphatic heterocycles. The van der Waals surface area contributed by atoms with Gasteiger partial charge in [-0.05, 0) is 42.8 Å². The molecule has 5 N–H and O–H groups in total.